The molecule has 0 aliphatic heterocycles. The van der Waals surface area contributed by atoms with Crippen molar-refractivity contribution in [1.29, 1.82) is 5.26 Å². The Kier molecular flexibility index (Phi) is 4.57. The number of hydrogen-bond donors (Lipinski definition) is 1. The van der Waals surface area contributed by atoms with Crippen LogP contribution in [0.25, 0.3) is 0 Å². The number of thiazole rings is 1. The molecule has 0 radical (unpaired) electrons. The number of nitriles is 1. The molecule has 1 saturated carbocycles. The van der Waals surface area contributed by atoms with Gasteiger partial charge in [0.05, 0.1) is 19.9 Å². The fraction of sp³-hybridized carbons (Fsp3) is 0.400. The topological polar surface area (TPSA) is 110 Å². The molecule has 3 rings (SSSR count). The highest BCUT2D eigenvalue weighted by molar-refractivity contribution is 7.16. The van der Waals surface area contributed by atoms with Crippen LogP contribution in [-0.4, -0.2) is 35.1 Å². The van der Waals surface area contributed by atoms with E-state index in [1.54, 1.807) is 0 Å². The molecule has 8 nitrogen and oxygen atoms in total. The van der Waals surface area contributed by atoms with Crippen molar-refractivity contribution in [1.82, 2.24) is 15.0 Å². The largest absolute Gasteiger partial charge is 0.480 e. The molecule has 2 heterocycles. The predicted octanol–water partition coefficient (Wildman–Crippen LogP) is 2.34. The van der Waals surface area contributed by atoms with Crippen LogP contribution in [0, 0.1) is 11.3 Å². The van der Waals surface area contributed by atoms with E-state index in [1.807, 2.05) is 0 Å². The van der Waals surface area contributed by atoms with Crippen LogP contribution in [0.4, 0.5) is 5.13 Å². The third-order valence-electron chi connectivity index (χ3n) is 3.86. The minimum Gasteiger partial charge on any atom is -0.480 e. The Morgan fingerprint density at radius 3 is 2.50 bits per heavy atom. The molecule has 0 bridgehead atoms. The van der Waals surface area contributed by atoms with E-state index in [0.29, 0.717) is 15.9 Å². The van der Waals surface area contributed by atoms with Gasteiger partial charge in [0, 0.05) is 5.92 Å². The minimum atomic E-state index is -0.498. The number of hydrogen-bond acceptors (Lipinski definition) is 8. The van der Waals surface area contributed by atoms with Crippen molar-refractivity contribution >= 4 is 22.4 Å². The van der Waals surface area contributed by atoms with Gasteiger partial charge in [-0.15, -0.1) is 0 Å². The molecule has 0 saturated heterocycles. The number of rotatable bonds is 5. The standard InChI is InChI=1S/C15H15N5O3S/c1-22-13-10(14(23-2)18-7-17-13)12(21)20-15-19-11(8-4-3-5-8)9(6-16)24-15/h7-8H,3-5H2,1-2H3,(H,19,20,21). The van der Waals surface area contributed by atoms with Crippen molar-refractivity contribution in [2.75, 3.05) is 19.5 Å². The summed E-state index contributed by atoms with van der Waals surface area (Å²) in [5, 5.41) is 12.3. The summed E-state index contributed by atoms with van der Waals surface area (Å²) in [6, 6.07) is 2.15. The van der Waals surface area contributed by atoms with Gasteiger partial charge in [-0.1, -0.05) is 17.8 Å². The van der Waals surface area contributed by atoms with E-state index in [0.717, 1.165) is 36.3 Å². The smallest absolute Gasteiger partial charge is 0.268 e. The molecule has 0 unspecified atom stereocenters. The number of nitrogens with zero attached hydrogens (tertiary/aromatic N) is 4. The number of nitrogens with one attached hydrogen (secondary N) is 1. The zero-order valence-electron chi connectivity index (χ0n) is 13.2. The van der Waals surface area contributed by atoms with Gasteiger partial charge >= 0.3 is 0 Å². The van der Waals surface area contributed by atoms with Gasteiger partial charge in [-0.2, -0.15) is 5.26 Å². The van der Waals surface area contributed by atoms with Gasteiger partial charge in [-0.25, -0.2) is 15.0 Å². The van der Waals surface area contributed by atoms with E-state index < -0.39 is 5.91 Å². The maximum Gasteiger partial charge on any atom is 0.268 e. The van der Waals surface area contributed by atoms with Crippen LogP contribution >= 0.6 is 11.3 Å². The Morgan fingerprint density at radius 2 is 2.00 bits per heavy atom. The first-order chi connectivity index (χ1) is 11.7. The van der Waals surface area contributed by atoms with Crippen molar-refractivity contribution in [3.63, 3.8) is 0 Å². The molecule has 2 aromatic heterocycles. The lowest BCUT2D eigenvalue weighted by Crippen LogP contribution is -2.16. The van der Waals surface area contributed by atoms with Crippen LogP contribution in [0.5, 0.6) is 11.8 Å². The maximum absolute atomic E-state index is 12.6. The Bertz CT molecular complexity index is 788. The third kappa shape index (κ3) is 2.88. The molecule has 1 fully saturated rings. The molecule has 1 aliphatic rings. The summed E-state index contributed by atoms with van der Waals surface area (Å²) in [5.41, 5.74) is 0.855. The lowest BCUT2D eigenvalue weighted by Gasteiger charge is -2.23. The molecule has 0 aromatic carbocycles. The number of methoxy groups -OCH3 is 2. The van der Waals surface area contributed by atoms with Gasteiger partial charge < -0.3 is 9.47 Å². The lowest BCUT2D eigenvalue weighted by atomic mass is 9.82. The van der Waals surface area contributed by atoms with Crippen LogP contribution in [-0.2, 0) is 0 Å². The average Bonchev–Trinajstić information content (AvgIpc) is 2.94. The molecular weight excluding hydrogens is 330 g/mol. The molecule has 0 spiro atoms. The summed E-state index contributed by atoms with van der Waals surface area (Å²) in [4.78, 5) is 25.4. The molecule has 1 aliphatic carbocycles. The van der Waals surface area contributed by atoms with Gasteiger partial charge in [-0.05, 0) is 12.8 Å². The van der Waals surface area contributed by atoms with E-state index in [4.69, 9.17) is 9.47 Å². The lowest BCUT2D eigenvalue weighted by molar-refractivity contribution is 0.101. The average molecular weight is 345 g/mol. The Balaban J connectivity index is 1.88. The minimum absolute atomic E-state index is 0.0846. The first-order valence-corrected chi connectivity index (χ1v) is 8.14. The SMILES string of the molecule is COc1ncnc(OC)c1C(=O)Nc1nc(C2CCC2)c(C#N)s1. The van der Waals surface area contributed by atoms with Crippen molar-refractivity contribution < 1.29 is 14.3 Å². The second-order valence-corrected chi connectivity index (χ2v) is 6.19. The third-order valence-corrected chi connectivity index (χ3v) is 4.75. The van der Waals surface area contributed by atoms with E-state index in [-0.39, 0.29) is 17.3 Å². The van der Waals surface area contributed by atoms with Gasteiger partial charge in [0.15, 0.2) is 10.7 Å². The molecule has 2 aromatic rings. The van der Waals surface area contributed by atoms with Crippen molar-refractivity contribution in [2.24, 2.45) is 0 Å². The number of carbonyl (C=O) groups excluding carboxylic acids is 1. The second kappa shape index (κ2) is 6.80. The first-order valence-electron chi connectivity index (χ1n) is 7.33. The first kappa shape index (κ1) is 16.1. The number of amides is 1. The van der Waals surface area contributed by atoms with Crippen LogP contribution < -0.4 is 14.8 Å². The fourth-order valence-corrected chi connectivity index (χ4v) is 3.29. The summed E-state index contributed by atoms with van der Waals surface area (Å²) in [6.45, 7) is 0. The van der Waals surface area contributed by atoms with Crippen molar-refractivity contribution in [3.05, 3.63) is 22.5 Å². The summed E-state index contributed by atoms with van der Waals surface area (Å²) in [5.74, 6) is 0.0274. The molecule has 1 amide bonds. The quantitative estimate of drug-likeness (QED) is 0.885. The van der Waals surface area contributed by atoms with Gasteiger partial charge in [0.2, 0.25) is 11.8 Å². The highest BCUT2D eigenvalue weighted by Crippen LogP contribution is 2.40. The maximum atomic E-state index is 12.6. The molecule has 124 valence electrons. The van der Waals surface area contributed by atoms with E-state index >= 15 is 0 Å². The summed E-state index contributed by atoms with van der Waals surface area (Å²) in [6.07, 6.45) is 4.45. The summed E-state index contributed by atoms with van der Waals surface area (Å²) >= 11 is 1.16. The van der Waals surface area contributed by atoms with E-state index in [1.165, 1.54) is 20.5 Å². The Morgan fingerprint density at radius 1 is 1.33 bits per heavy atom. The zero-order chi connectivity index (χ0) is 17.1. The number of ether oxygens (including phenoxy) is 2. The molecule has 24 heavy (non-hydrogen) atoms. The number of carbonyl (C=O) groups is 1. The number of anilines is 1. The Hall–Kier alpha value is -2.73. The zero-order valence-corrected chi connectivity index (χ0v) is 14.0. The van der Waals surface area contributed by atoms with Gasteiger partial charge in [0.1, 0.15) is 17.3 Å². The fourth-order valence-electron chi connectivity index (χ4n) is 2.44. The normalized spacial score (nSPS) is 13.7. The van der Waals surface area contributed by atoms with E-state index in [2.05, 4.69) is 26.3 Å². The molecule has 0 atom stereocenters. The van der Waals surface area contributed by atoms with Crippen LogP contribution in [0.15, 0.2) is 6.33 Å². The molecule has 1 N–H and O–H groups in total. The van der Waals surface area contributed by atoms with Crippen LogP contribution in [0.1, 0.15) is 46.1 Å². The highest BCUT2D eigenvalue weighted by Gasteiger charge is 2.28. The highest BCUT2D eigenvalue weighted by atomic mass is 32.1. The van der Waals surface area contributed by atoms with Crippen molar-refractivity contribution in [2.45, 2.75) is 25.2 Å². The monoisotopic (exact) mass is 345 g/mol. The van der Waals surface area contributed by atoms with Crippen LogP contribution in [0.2, 0.25) is 0 Å². The summed E-state index contributed by atoms with van der Waals surface area (Å²) < 4.78 is 10.2. The number of aromatic nitrogens is 3. The molecule has 9 heteroatoms. The predicted molar refractivity (Wildman–Crippen MR) is 86.5 cm³/mol. The van der Waals surface area contributed by atoms with Crippen molar-refractivity contribution in [3.8, 4) is 17.8 Å². The Labute approximate surface area is 142 Å². The van der Waals surface area contributed by atoms with Gasteiger partial charge in [-0.3, -0.25) is 10.1 Å². The second-order valence-electron chi connectivity index (χ2n) is 5.19. The van der Waals surface area contributed by atoms with Crippen LogP contribution in [0.3, 0.4) is 0 Å². The van der Waals surface area contributed by atoms with E-state index in [9.17, 15) is 10.1 Å². The summed E-state index contributed by atoms with van der Waals surface area (Å²) in [7, 11) is 2.81. The van der Waals surface area contributed by atoms with Gasteiger partial charge in [0.25, 0.3) is 5.91 Å². The molecular formula is C15H15N5O3S.